The normalized spacial score (nSPS) is 32.4. The number of carbonyl (C=O) groups excluding carboxylic acids is 1. The van der Waals surface area contributed by atoms with Crippen molar-refractivity contribution in [2.45, 2.75) is 64.3 Å². The van der Waals surface area contributed by atoms with Crippen molar-refractivity contribution in [1.82, 2.24) is 5.32 Å². The zero-order valence-electron chi connectivity index (χ0n) is 11.0. The molecule has 0 aromatic heterocycles. The largest absolute Gasteiger partial charge is 0.355 e. The molecule has 3 N–H and O–H groups in total. The van der Waals surface area contributed by atoms with Crippen molar-refractivity contribution in [3.63, 3.8) is 0 Å². The molecule has 2 unspecified atom stereocenters. The van der Waals surface area contributed by atoms with E-state index in [1.807, 2.05) is 0 Å². The Kier molecular flexibility index (Phi) is 4.08. The third-order valence-electron chi connectivity index (χ3n) is 4.64. The molecule has 3 nitrogen and oxygen atoms in total. The molecular weight excluding hydrogens is 212 g/mol. The lowest BCUT2D eigenvalue weighted by atomic mass is 9.75. The van der Waals surface area contributed by atoms with Crippen molar-refractivity contribution in [2.75, 3.05) is 6.54 Å². The third kappa shape index (κ3) is 3.21. The van der Waals surface area contributed by atoms with Crippen molar-refractivity contribution < 1.29 is 4.79 Å². The van der Waals surface area contributed by atoms with E-state index in [0.29, 0.717) is 12.0 Å². The molecule has 3 heteroatoms. The van der Waals surface area contributed by atoms with Crippen molar-refractivity contribution in [3.05, 3.63) is 0 Å². The van der Waals surface area contributed by atoms with E-state index in [4.69, 9.17) is 5.73 Å². The van der Waals surface area contributed by atoms with Gasteiger partial charge in [0.15, 0.2) is 0 Å². The van der Waals surface area contributed by atoms with E-state index in [-0.39, 0.29) is 11.3 Å². The fourth-order valence-electron chi connectivity index (χ4n) is 3.31. The van der Waals surface area contributed by atoms with Gasteiger partial charge in [0.2, 0.25) is 5.91 Å². The van der Waals surface area contributed by atoms with E-state index in [9.17, 15) is 4.79 Å². The monoisotopic (exact) mass is 238 g/mol. The molecular formula is C14H26N2O. The van der Waals surface area contributed by atoms with Crippen molar-refractivity contribution in [3.8, 4) is 0 Å². The maximum atomic E-state index is 12.2. The molecule has 0 saturated heterocycles. The Balaban J connectivity index is 1.76. The Morgan fingerprint density at radius 1 is 1.29 bits per heavy atom. The third-order valence-corrected chi connectivity index (χ3v) is 4.64. The van der Waals surface area contributed by atoms with E-state index >= 15 is 0 Å². The predicted molar refractivity (Wildman–Crippen MR) is 69.5 cm³/mol. The molecule has 0 aliphatic heterocycles. The van der Waals surface area contributed by atoms with Gasteiger partial charge in [-0.1, -0.05) is 26.2 Å². The second-order valence-electron chi connectivity index (χ2n) is 6.27. The van der Waals surface area contributed by atoms with Gasteiger partial charge in [-0.25, -0.2) is 0 Å². The number of hydrogen-bond acceptors (Lipinski definition) is 2. The van der Waals surface area contributed by atoms with Crippen LogP contribution in [0.4, 0.5) is 0 Å². The molecule has 0 aromatic rings. The molecule has 0 heterocycles. The topological polar surface area (TPSA) is 55.1 Å². The highest BCUT2D eigenvalue weighted by Crippen LogP contribution is 2.36. The number of nitrogens with one attached hydrogen (secondary N) is 1. The van der Waals surface area contributed by atoms with Gasteiger partial charge in [0.05, 0.1) is 0 Å². The molecule has 0 aromatic carbocycles. The summed E-state index contributed by atoms with van der Waals surface area (Å²) in [5.74, 6) is 0.888. The molecule has 0 radical (unpaired) electrons. The van der Waals surface area contributed by atoms with Crippen LogP contribution in [-0.2, 0) is 4.79 Å². The van der Waals surface area contributed by atoms with E-state index in [1.165, 1.54) is 25.7 Å². The van der Waals surface area contributed by atoms with Crippen LogP contribution in [0.5, 0.6) is 0 Å². The van der Waals surface area contributed by atoms with Crippen molar-refractivity contribution in [1.29, 1.82) is 0 Å². The Bertz CT molecular complexity index is 271. The highest BCUT2D eigenvalue weighted by atomic mass is 16.2. The maximum Gasteiger partial charge on any atom is 0.225 e. The van der Waals surface area contributed by atoms with Crippen LogP contribution >= 0.6 is 0 Å². The summed E-state index contributed by atoms with van der Waals surface area (Å²) < 4.78 is 0. The summed E-state index contributed by atoms with van der Waals surface area (Å²) in [6.45, 7) is 2.96. The summed E-state index contributed by atoms with van der Waals surface area (Å²) in [5.41, 5.74) is 5.79. The molecule has 98 valence electrons. The molecule has 1 amide bonds. The standard InChI is InChI=1S/C14H26N2O/c1-14(7-3-2-4-8-14)13(17)16-10-11-5-6-12(15)9-11/h11-12H,2-10,15H2,1H3,(H,16,17). The minimum atomic E-state index is -0.0982. The van der Waals surface area contributed by atoms with Gasteiger partial charge in [-0.15, -0.1) is 0 Å². The molecule has 2 atom stereocenters. The average Bonchev–Trinajstić information content (AvgIpc) is 2.73. The maximum absolute atomic E-state index is 12.2. The Morgan fingerprint density at radius 2 is 2.00 bits per heavy atom. The SMILES string of the molecule is CC1(C(=O)NCC2CCC(N)C2)CCCCC1. The smallest absolute Gasteiger partial charge is 0.225 e. The van der Waals surface area contributed by atoms with Gasteiger partial charge in [0, 0.05) is 18.0 Å². The molecule has 0 bridgehead atoms. The average molecular weight is 238 g/mol. The first-order valence-corrected chi connectivity index (χ1v) is 7.14. The van der Waals surface area contributed by atoms with Gasteiger partial charge in [-0.05, 0) is 38.0 Å². The zero-order chi connectivity index (χ0) is 12.3. The van der Waals surface area contributed by atoms with E-state index in [0.717, 1.165) is 32.2 Å². The predicted octanol–water partition coefficient (Wildman–Crippen LogP) is 2.20. The first-order valence-electron chi connectivity index (χ1n) is 7.14. The van der Waals surface area contributed by atoms with Crippen LogP contribution in [0, 0.1) is 11.3 Å². The van der Waals surface area contributed by atoms with Gasteiger partial charge >= 0.3 is 0 Å². The van der Waals surface area contributed by atoms with Gasteiger partial charge < -0.3 is 11.1 Å². The zero-order valence-corrected chi connectivity index (χ0v) is 11.0. The van der Waals surface area contributed by atoms with Crippen LogP contribution < -0.4 is 11.1 Å². The molecule has 2 aliphatic rings. The van der Waals surface area contributed by atoms with Crippen LogP contribution in [-0.4, -0.2) is 18.5 Å². The molecule has 2 saturated carbocycles. The van der Waals surface area contributed by atoms with Crippen LogP contribution in [0.25, 0.3) is 0 Å². The van der Waals surface area contributed by atoms with Gasteiger partial charge in [-0.2, -0.15) is 0 Å². The Labute approximate surface area is 105 Å². The second-order valence-corrected chi connectivity index (χ2v) is 6.27. The quantitative estimate of drug-likeness (QED) is 0.792. The van der Waals surface area contributed by atoms with Gasteiger partial charge in [0.1, 0.15) is 0 Å². The number of rotatable bonds is 3. The fourth-order valence-corrected chi connectivity index (χ4v) is 3.31. The summed E-state index contributed by atoms with van der Waals surface area (Å²) in [4.78, 5) is 12.2. The number of hydrogen-bond donors (Lipinski definition) is 2. The number of carbonyl (C=O) groups is 1. The summed E-state index contributed by atoms with van der Waals surface area (Å²) in [6, 6.07) is 0.363. The molecule has 2 rings (SSSR count). The van der Waals surface area contributed by atoms with E-state index < -0.39 is 0 Å². The number of nitrogens with two attached hydrogens (primary N) is 1. The van der Waals surface area contributed by atoms with Crippen LogP contribution in [0.3, 0.4) is 0 Å². The minimum absolute atomic E-state index is 0.0982. The van der Waals surface area contributed by atoms with Crippen LogP contribution in [0.1, 0.15) is 58.3 Å². The summed E-state index contributed by atoms with van der Waals surface area (Å²) >= 11 is 0. The second kappa shape index (κ2) is 5.38. The van der Waals surface area contributed by atoms with Gasteiger partial charge in [-0.3, -0.25) is 4.79 Å². The first-order chi connectivity index (χ1) is 8.10. The Morgan fingerprint density at radius 3 is 2.59 bits per heavy atom. The van der Waals surface area contributed by atoms with Gasteiger partial charge in [0.25, 0.3) is 0 Å². The first kappa shape index (κ1) is 12.9. The summed E-state index contributed by atoms with van der Waals surface area (Å²) in [5, 5.41) is 3.16. The molecule has 2 aliphatic carbocycles. The van der Waals surface area contributed by atoms with Crippen LogP contribution in [0.2, 0.25) is 0 Å². The molecule has 17 heavy (non-hydrogen) atoms. The highest BCUT2D eigenvalue weighted by molar-refractivity contribution is 5.82. The van der Waals surface area contributed by atoms with Crippen LogP contribution in [0.15, 0.2) is 0 Å². The van der Waals surface area contributed by atoms with Crippen molar-refractivity contribution in [2.24, 2.45) is 17.1 Å². The lowest BCUT2D eigenvalue weighted by Crippen LogP contribution is -2.42. The van der Waals surface area contributed by atoms with Crippen molar-refractivity contribution >= 4 is 5.91 Å². The lowest BCUT2D eigenvalue weighted by molar-refractivity contribution is -0.132. The number of amides is 1. The lowest BCUT2D eigenvalue weighted by Gasteiger charge is -2.32. The van der Waals surface area contributed by atoms with E-state index in [1.54, 1.807) is 0 Å². The summed E-state index contributed by atoms with van der Waals surface area (Å²) in [6.07, 6.45) is 9.20. The summed E-state index contributed by atoms with van der Waals surface area (Å²) in [7, 11) is 0. The highest BCUT2D eigenvalue weighted by Gasteiger charge is 2.34. The minimum Gasteiger partial charge on any atom is -0.355 e. The molecule has 2 fully saturated rings. The Hall–Kier alpha value is -0.570. The van der Waals surface area contributed by atoms with E-state index in [2.05, 4.69) is 12.2 Å². The fraction of sp³-hybridized carbons (Fsp3) is 0.929. The molecule has 0 spiro atoms.